The molecule has 2 N–H and O–H groups in total. The van der Waals surface area contributed by atoms with E-state index in [0.29, 0.717) is 0 Å². The Bertz CT molecular complexity index is 740. The molecule has 6 nitrogen and oxygen atoms in total. The van der Waals surface area contributed by atoms with Crippen molar-refractivity contribution in [3.63, 3.8) is 0 Å². The highest BCUT2D eigenvalue weighted by Crippen LogP contribution is 2.49. The van der Waals surface area contributed by atoms with Gasteiger partial charge in [-0.1, -0.05) is 30.3 Å². The molecule has 0 saturated carbocycles. The molecule has 0 bridgehead atoms. The molecule has 3 rings (SSSR count). The molecule has 6 heteroatoms. The highest BCUT2D eigenvalue weighted by atomic mass is 16.6. The van der Waals surface area contributed by atoms with Gasteiger partial charge in [0.05, 0.1) is 7.11 Å². The van der Waals surface area contributed by atoms with Gasteiger partial charge in [-0.15, -0.1) is 0 Å². The van der Waals surface area contributed by atoms with Gasteiger partial charge < -0.3 is 24.4 Å². The van der Waals surface area contributed by atoms with Gasteiger partial charge in [0.25, 0.3) is 0 Å². The summed E-state index contributed by atoms with van der Waals surface area (Å²) < 4.78 is 16.3. The molecule has 0 aromatic heterocycles. The van der Waals surface area contributed by atoms with Gasteiger partial charge in [-0.2, -0.15) is 0 Å². The molecule has 0 saturated heterocycles. The number of carbonyl (C=O) groups excluding carboxylic acids is 1. The van der Waals surface area contributed by atoms with Gasteiger partial charge in [-0.25, -0.2) is 0 Å². The molecular formula is C17H16O6. The zero-order chi connectivity index (χ0) is 16.6. The molecular weight excluding hydrogens is 300 g/mol. The fourth-order valence-electron chi connectivity index (χ4n) is 2.75. The number of benzene rings is 2. The number of Topliss-reactive ketones (excluding diaryl/α,β-unsaturated/α-hetero) is 1. The van der Waals surface area contributed by atoms with E-state index in [1.54, 1.807) is 0 Å². The average Bonchev–Trinajstić information content (AvgIpc) is 2.55. The van der Waals surface area contributed by atoms with Crippen molar-refractivity contribution in [1.29, 1.82) is 0 Å². The maximum Gasteiger partial charge on any atom is 0.204 e. The molecule has 23 heavy (non-hydrogen) atoms. The van der Waals surface area contributed by atoms with Crippen molar-refractivity contribution in [2.24, 2.45) is 0 Å². The summed E-state index contributed by atoms with van der Waals surface area (Å²) in [5, 5.41) is 19.9. The molecule has 0 aliphatic carbocycles. The number of ether oxygens (including phenoxy) is 3. The van der Waals surface area contributed by atoms with Gasteiger partial charge in [-0.05, 0) is 5.56 Å². The van der Waals surface area contributed by atoms with E-state index in [2.05, 4.69) is 0 Å². The first-order chi connectivity index (χ1) is 11.1. The predicted octanol–water partition coefficient (Wildman–Crippen LogP) is 2.44. The van der Waals surface area contributed by atoms with Crippen molar-refractivity contribution in [3.05, 3.63) is 47.5 Å². The van der Waals surface area contributed by atoms with Crippen LogP contribution in [0.1, 0.15) is 22.0 Å². The Balaban J connectivity index is 2.18. The van der Waals surface area contributed by atoms with Crippen LogP contribution in [-0.2, 0) is 4.74 Å². The van der Waals surface area contributed by atoms with Crippen molar-refractivity contribution in [2.75, 3.05) is 14.2 Å². The average molecular weight is 316 g/mol. The SMILES string of the molecule is COc1c(O)cc(O)c2c1OC(c1ccccc1)C(OC)C2=O. The van der Waals surface area contributed by atoms with E-state index in [1.165, 1.54) is 14.2 Å². The number of ketones is 1. The van der Waals surface area contributed by atoms with Gasteiger partial charge in [0.15, 0.2) is 23.7 Å². The van der Waals surface area contributed by atoms with Gasteiger partial charge >= 0.3 is 0 Å². The van der Waals surface area contributed by atoms with Gasteiger partial charge in [-0.3, -0.25) is 4.79 Å². The van der Waals surface area contributed by atoms with E-state index in [-0.39, 0.29) is 28.6 Å². The number of phenolic OH excluding ortho intramolecular Hbond substituents is 2. The third-order valence-corrected chi connectivity index (χ3v) is 3.81. The highest BCUT2D eigenvalue weighted by molar-refractivity contribution is 6.06. The lowest BCUT2D eigenvalue weighted by atomic mass is 9.92. The number of hydrogen-bond donors (Lipinski definition) is 2. The third-order valence-electron chi connectivity index (χ3n) is 3.81. The monoisotopic (exact) mass is 316 g/mol. The molecule has 2 unspecified atom stereocenters. The number of rotatable bonds is 3. The molecule has 1 aliphatic rings. The molecule has 2 aromatic rings. The first-order valence-corrected chi connectivity index (χ1v) is 7.00. The maximum absolute atomic E-state index is 12.7. The van der Waals surface area contributed by atoms with Crippen LogP contribution < -0.4 is 9.47 Å². The van der Waals surface area contributed by atoms with Crippen LogP contribution in [0.2, 0.25) is 0 Å². The largest absolute Gasteiger partial charge is 0.507 e. The molecule has 0 amide bonds. The van der Waals surface area contributed by atoms with Crippen molar-refractivity contribution < 1.29 is 29.2 Å². The minimum absolute atomic E-state index is 0.00151. The van der Waals surface area contributed by atoms with Crippen LogP contribution in [-0.4, -0.2) is 36.3 Å². The minimum atomic E-state index is -0.912. The summed E-state index contributed by atoms with van der Waals surface area (Å²) in [6.45, 7) is 0. The highest BCUT2D eigenvalue weighted by Gasteiger charge is 2.42. The van der Waals surface area contributed by atoms with Crippen LogP contribution >= 0.6 is 0 Å². The lowest BCUT2D eigenvalue weighted by Crippen LogP contribution is -2.38. The van der Waals surface area contributed by atoms with E-state index in [0.717, 1.165) is 11.6 Å². The lowest BCUT2D eigenvalue weighted by molar-refractivity contribution is -0.00216. The standard InChI is InChI=1S/C17H16O6/c1-21-15-11(19)8-10(18)12-13(20)17(22-2)14(23-16(12)15)9-6-4-3-5-7-9/h3-8,14,17-19H,1-2H3. The Morgan fingerprint density at radius 1 is 1.09 bits per heavy atom. The summed E-state index contributed by atoms with van der Waals surface area (Å²) in [5.41, 5.74) is 0.682. The second-order valence-electron chi connectivity index (χ2n) is 5.12. The minimum Gasteiger partial charge on any atom is -0.507 e. The number of aromatic hydroxyl groups is 2. The molecule has 120 valence electrons. The van der Waals surface area contributed by atoms with Crippen molar-refractivity contribution in [1.82, 2.24) is 0 Å². The number of methoxy groups -OCH3 is 2. The van der Waals surface area contributed by atoms with Crippen LogP contribution in [0.25, 0.3) is 0 Å². The fourth-order valence-corrected chi connectivity index (χ4v) is 2.75. The van der Waals surface area contributed by atoms with Crippen molar-refractivity contribution >= 4 is 5.78 Å². The summed E-state index contributed by atoms with van der Waals surface area (Å²) in [4.78, 5) is 12.7. The quantitative estimate of drug-likeness (QED) is 0.904. The Morgan fingerprint density at radius 2 is 1.78 bits per heavy atom. The summed E-state index contributed by atoms with van der Waals surface area (Å²) >= 11 is 0. The summed E-state index contributed by atoms with van der Waals surface area (Å²) in [7, 11) is 2.75. The molecule has 0 fully saturated rings. The van der Waals surface area contributed by atoms with Gasteiger partial charge in [0.2, 0.25) is 11.5 Å². The van der Waals surface area contributed by atoms with Crippen LogP contribution in [0.15, 0.2) is 36.4 Å². The molecule has 2 aromatic carbocycles. The third kappa shape index (κ3) is 2.37. The van der Waals surface area contributed by atoms with E-state index in [1.807, 2.05) is 30.3 Å². The van der Waals surface area contributed by atoms with E-state index >= 15 is 0 Å². The number of phenols is 2. The van der Waals surface area contributed by atoms with Crippen LogP contribution in [0, 0.1) is 0 Å². The van der Waals surface area contributed by atoms with E-state index in [9.17, 15) is 15.0 Å². The first kappa shape index (κ1) is 15.2. The summed E-state index contributed by atoms with van der Waals surface area (Å²) in [6.07, 6.45) is -1.62. The van der Waals surface area contributed by atoms with Gasteiger partial charge in [0.1, 0.15) is 11.3 Å². The number of carbonyl (C=O) groups is 1. The molecule has 2 atom stereocenters. The zero-order valence-corrected chi connectivity index (χ0v) is 12.6. The fraction of sp³-hybridized carbons (Fsp3) is 0.235. The van der Waals surface area contributed by atoms with Crippen molar-refractivity contribution in [2.45, 2.75) is 12.2 Å². The summed E-state index contributed by atoms with van der Waals surface area (Å²) in [6, 6.07) is 10.2. The van der Waals surface area contributed by atoms with Crippen LogP contribution in [0.3, 0.4) is 0 Å². The summed E-state index contributed by atoms with van der Waals surface area (Å²) in [5.74, 6) is -1.10. The maximum atomic E-state index is 12.7. The Labute approximate surface area is 132 Å². The molecule has 1 heterocycles. The molecule has 1 aliphatic heterocycles. The first-order valence-electron chi connectivity index (χ1n) is 7.00. The normalized spacial score (nSPS) is 19.8. The van der Waals surface area contributed by atoms with E-state index < -0.39 is 18.0 Å². The Morgan fingerprint density at radius 3 is 2.39 bits per heavy atom. The molecule has 0 spiro atoms. The number of fused-ring (bicyclic) bond motifs is 1. The van der Waals surface area contributed by atoms with Crippen LogP contribution in [0.4, 0.5) is 0 Å². The number of hydrogen-bond acceptors (Lipinski definition) is 6. The topological polar surface area (TPSA) is 85.2 Å². The Kier molecular flexibility index (Phi) is 3.83. The second kappa shape index (κ2) is 5.81. The second-order valence-corrected chi connectivity index (χ2v) is 5.12. The zero-order valence-electron chi connectivity index (χ0n) is 12.6. The predicted molar refractivity (Wildman–Crippen MR) is 81.3 cm³/mol. The van der Waals surface area contributed by atoms with Crippen molar-refractivity contribution in [3.8, 4) is 23.0 Å². The molecule has 0 radical (unpaired) electrons. The smallest absolute Gasteiger partial charge is 0.204 e. The Hall–Kier alpha value is -2.73. The lowest BCUT2D eigenvalue weighted by Gasteiger charge is -2.33. The van der Waals surface area contributed by atoms with Crippen LogP contribution in [0.5, 0.6) is 23.0 Å². The van der Waals surface area contributed by atoms with E-state index in [4.69, 9.17) is 14.2 Å². The van der Waals surface area contributed by atoms with Gasteiger partial charge in [0, 0.05) is 13.2 Å².